The van der Waals surface area contributed by atoms with Crippen molar-refractivity contribution >= 4 is 26.7 Å². The molecule has 1 amide bonds. The Balaban J connectivity index is 1.56. The minimum Gasteiger partial charge on any atom is -0.496 e. The molecule has 4 aromatic rings. The van der Waals surface area contributed by atoms with E-state index in [4.69, 9.17) is 4.74 Å². The summed E-state index contributed by atoms with van der Waals surface area (Å²) in [6.45, 7) is 1.88. The van der Waals surface area contributed by atoms with Crippen LogP contribution in [0.5, 0.6) is 5.75 Å². The van der Waals surface area contributed by atoms with E-state index < -0.39 is 10.0 Å². The SMILES string of the molecule is COc1ccc(S(=O)(=O)N(CC(=O)NCc2cccc3ccccc23)Cc2ccccc2)cc1C. The number of nitrogens with one attached hydrogen (secondary N) is 1. The van der Waals surface area contributed by atoms with Gasteiger partial charge in [-0.2, -0.15) is 4.31 Å². The second-order valence-corrected chi connectivity index (χ2v) is 10.2. The molecule has 0 aliphatic rings. The average Bonchev–Trinajstić information content (AvgIpc) is 2.87. The van der Waals surface area contributed by atoms with E-state index >= 15 is 0 Å². The number of hydrogen-bond donors (Lipinski definition) is 1. The second-order valence-electron chi connectivity index (χ2n) is 8.31. The van der Waals surface area contributed by atoms with E-state index in [0.29, 0.717) is 17.9 Å². The Morgan fingerprint density at radius 3 is 2.37 bits per heavy atom. The van der Waals surface area contributed by atoms with E-state index in [-0.39, 0.29) is 23.9 Å². The fraction of sp³-hybridized carbons (Fsp3) is 0.179. The lowest BCUT2D eigenvalue weighted by Gasteiger charge is -2.22. The van der Waals surface area contributed by atoms with Gasteiger partial charge in [0.25, 0.3) is 0 Å². The number of carbonyl (C=O) groups excluding carboxylic acids is 1. The van der Waals surface area contributed by atoms with Gasteiger partial charge in [0.1, 0.15) is 5.75 Å². The average molecular weight is 489 g/mol. The van der Waals surface area contributed by atoms with Gasteiger partial charge in [0.2, 0.25) is 15.9 Å². The van der Waals surface area contributed by atoms with Crippen LogP contribution in [0.2, 0.25) is 0 Å². The van der Waals surface area contributed by atoms with Crippen molar-refractivity contribution < 1.29 is 17.9 Å². The number of amides is 1. The van der Waals surface area contributed by atoms with Gasteiger partial charge in [0, 0.05) is 13.1 Å². The van der Waals surface area contributed by atoms with Crippen LogP contribution in [0.25, 0.3) is 10.8 Å². The zero-order valence-electron chi connectivity index (χ0n) is 19.8. The van der Waals surface area contributed by atoms with Crippen LogP contribution < -0.4 is 10.1 Å². The molecule has 0 atom stereocenters. The van der Waals surface area contributed by atoms with Gasteiger partial charge in [-0.15, -0.1) is 0 Å². The van der Waals surface area contributed by atoms with Gasteiger partial charge in [-0.1, -0.05) is 72.8 Å². The molecule has 0 saturated heterocycles. The molecule has 0 heterocycles. The minimum absolute atomic E-state index is 0.0793. The highest BCUT2D eigenvalue weighted by atomic mass is 32.2. The number of methoxy groups -OCH3 is 1. The zero-order valence-corrected chi connectivity index (χ0v) is 20.6. The maximum atomic E-state index is 13.6. The summed E-state index contributed by atoms with van der Waals surface area (Å²) in [4.78, 5) is 13.1. The lowest BCUT2D eigenvalue weighted by atomic mass is 10.0. The predicted octanol–water partition coefficient (Wildman–Crippen LogP) is 4.66. The molecule has 0 spiro atoms. The lowest BCUT2D eigenvalue weighted by Crippen LogP contribution is -2.40. The molecule has 1 N–H and O–H groups in total. The monoisotopic (exact) mass is 488 g/mol. The second kappa shape index (κ2) is 10.7. The first-order chi connectivity index (χ1) is 16.9. The third kappa shape index (κ3) is 5.70. The Bertz CT molecular complexity index is 1430. The fourth-order valence-electron chi connectivity index (χ4n) is 4.03. The Kier molecular flexibility index (Phi) is 7.48. The maximum Gasteiger partial charge on any atom is 0.243 e. The van der Waals surface area contributed by atoms with Crippen molar-refractivity contribution in [2.45, 2.75) is 24.9 Å². The first kappa shape index (κ1) is 24.4. The minimum atomic E-state index is -3.94. The van der Waals surface area contributed by atoms with Crippen molar-refractivity contribution in [3.63, 3.8) is 0 Å². The van der Waals surface area contributed by atoms with Crippen molar-refractivity contribution in [1.29, 1.82) is 0 Å². The summed E-state index contributed by atoms with van der Waals surface area (Å²) in [5.41, 5.74) is 2.47. The highest BCUT2D eigenvalue weighted by molar-refractivity contribution is 7.89. The van der Waals surface area contributed by atoms with E-state index in [2.05, 4.69) is 5.32 Å². The normalized spacial score (nSPS) is 11.5. The van der Waals surface area contributed by atoms with E-state index in [1.807, 2.05) is 72.8 Å². The largest absolute Gasteiger partial charge is 0.496 e. The quantitative estimate of drug-likeness (QED) is 0.372. The first-order valence-corrected chi connectivity index (χ1v) is 12.7. The van der Waals surface area contributed by atoms with Crippen molar-refractivity contribution in [3.05, 3.63) is 108 Å². The molecule has 4 aromatic carbocycles. The van der Waals surface area contributed by atoms with E-state index in [9.17, 15) is 13.2 Å². The predicted molar refractivity (Wildman–Crippen MR) is 138 cm³/mol. The van der Waals surface area contributed by atoms with Gasteiger partial charge in [0.15, 0.2) is 0 Å². The summed E-state index contributed by atoms with van der Waals surface area (Å²) in [5.74, 6) is 0.231. The molecule has 7 heteroatoms. The molecule has 0 aromatic heterocycles. The number of fused-ring (bicyclic) bond motifs is 1. The Morgan fingerprint density at radius 2 is 1.63 bits per heavy atom. The van der Waals surface area contributed by atoms with Gasteiger partial charge in [-0.25, -0.2) is 8.42 Å². The molecule has 4 rings (SSSR count). The molecule has 0 radical (unpaired) electrons. The van der Waals surface area contributed by atoms with Crippen LogP contribution in [-0.4, -0.2) is 32.3 Å². The number of carbonyl (C=O) groups is 1. The van der Waals surface area contributed by atoms with Crippen molar-refractivity contribution in [2.24, 2.45) is 0 Å². The van der Waals surface area contributed by atoms with E-state index in [1.54, 1.807) is 26.2 Å². The smallest absolute Gasteiger partial charge is 0.243 e. The van der Waals surface area contributed by atoms with Crippen LogP contribution in [0, 0.1) is 6.92 Å². The van der Waals surface area contributed by atoms with Crippen LogP contribution >= 0.6 is 0 Å². The van der Waals surface area contributed by atoms with Gasteiger partial charge in [-0.3, -0.25) is 4.79 Å². The third-order valence-corrected chi connectivity index (χ3v) is 7.67. The van der Waals surface area contributed by atoms with Crippen LogP contribution in [0.3, 0.4) is 0 Å². The van der Waals surface area contributed by atoms with Gasteiger partial charge >= 0.3 is 0 Å². The molecule has 35 heavy (non-hydrogen) atoms. The molecule has 0 aliphatic carbocycles. The Morgan fingerprint density at radius 1 is 0.914 bits per heavy atom. The van der Waals surface area contributed by atoms with Gasteiger partial charge in [-0.05, 0) is 52.6 Å². The molecule has 180 valence electrons. The van der Waals surface area contributed by atoms with Crippen LogP contribution in [0.1, 0.15) is 16.7 Å². The first-order valence-electron chi connectivity index (χ1n) is 11.3. The number of sulfonamides is 1. The van der Waals surface area contributed by atoms with Crippen LogP contribution in [0.15, 0.2) is 95.9 Å². The number of hydrogen-bond acceptors (Lipinski definition) is 4. The van der Waals surface area contributed by atoms with Gasteiger partial charge < -0.3 is 10.1 Å². The van der Waals surface area contributed by atoms with Crippen LogP contribution in [-0.2, 0) is 27.9 Å². The third-order valence-electron chi connectivity index (χ3n) is 5.88. The molecule has 0 saturated carbocycles. The number of rotatable bonds is 9. The fourth-order valence-corrected chi connectivity index (χ4v) is 5.50. The van der Waals surface area contributed by atoms with Crippen molar-refractivity contribution in [3.8, 4) is 5.75 Å². The molecule has 0 unspecified atom stereocenters. The van der Waals surface area contributed by atoms with E-state index in [0.717, 1.165) is 21.9 Å². The number of benzene rings is 4. The summed E-state index contributed by atoms with van der Waals surface area (Å²) in [6, 6.07) is 27.8. The summed E-state index contributed by atoms with van der Waals surface area (Å²) in [6.07, 6.45) is 0. The summed E-state index contributed by atoms with van der Waals surface area (Å²) >= 11 is 0. The number of aryl methyl sites for hydroxylation is 1. The molecular weight excluding hydrogens is 460 g/mol. The number of nitrogens with zero attached hydrogens (tertiary/aromatic N) is 1. The van der Waals surface area contributed by atoms with Gasteiger partial charge in [0.05, 0.1) is 18.6 Å². The molecular formula is C28H28N2O4S. The molecule has 0 fully saturated rings. The summed E-state index contributed by atoms with van der Waals surface area (Å²) < 4.78 is 33.6. The summed E-state index contributed by atoms with van der Waals surface area (Å²) in [7, 11) is -2.40. The highest BCUT2D eigenvalue weighted by Crippen LogP contribution is 2.25. The molecule has 0 bridgehead atoms. The zero-order chi connectivity index (χ0) is 24.8. The summed E-state index contributed by atoms with van der Waals surface area (Å²) in [5, 5.41) is 5.03. The highest BCUT2D eigenvalue weighted by Gasteiger charge is 2.27. The van der Waals surface area contributed by atoms with Crippen molar-refractivity contribution in [1.82, 2.24) is 9.62 Å². The Labute approximate surface area is 206 Å². The topological polar surface area (TPSA) is 75.7 Å². The molecule has 0 aliphatic heterocycles. The number of ether oxygens (including phenoxy) is 1. The standard InChI is InChI=1S/C28H28N2O4S/c1-21-17-25(15-16-27(21)34-2)35(32,33)30(19-22-9-4-3-5-10-22)20-28(31)29-18-24-13-8-12-23-11-6-7-14-26(23)24/h3-17H,18-20H2,1-2H3,(H,29,31). The molecule has 6 nitrogen and oxygen atoms in total. The van der Waals surface area contributed by atoms with Crippen molar-refractivity contribution in [2.75, 3.05) is 13.7 Å². The maximum absolute atomic E-state index is 13.6. The Hall–Kier alpha value is -3.68. The lowest BCUT2D eigenvalue weighted by molar-refractivity contribution is -0.121. The van der Waals surface area contributed by atoms with Crippen LogP contribution in [0.4, 0.5) is 0 Å². The van der Waals surface area contributed by atoms with E-state index in [1.165, 1.54) is 10.4 Å².